The highest BCUT2D eigenvalue weighted by Gasteiger charge is 2.42. The summed E-state index contributed by atoms with van der Waals surface area (Å²) >= 11 is 0. The van der Waals surface area contributed by atoms with Gasteiger partial charge >= 0.3 is 0 Å². The molecule has 0 bridgehead atoms. The van der Waals surface area contributed by atoms with Gasteiger partial charge in [-0.2, -0.15) is 0 Å². The lowest BCUT2D eigenvalue weighted by Gasteiger charge is -2.24. The molecule has 1 N–H and O–H groups in total. The van der Waals surface area contributed by atoms with Crippen LogP contribution in [0.25, 0.3) is 0 Å². The summed E-state index contributed by atoms with van der Waals surface area (Å²) in [6.45, 7) is 4.78. The second-order valence-corrected chi connectivity index (χ2v) is 5.02. The van der Waals surface area contributed by atoms with E-state index in [1.54, 1.807) is 0 Å². The van der Waals surface area contributed by atoms with Gasteiger partial charge in [-0.05, 0) is 38.0 Å². The Bertz CT molecular complexity index is 154. The Morgan fingerprint density at radius 1 is 1.25 bits per heavy atom. The third-order valence-electron chi connectivity index (χ3n) is 3.92. The van der Waals surface area contributed by atoms with E-state index in [-0.39, 0.29) is 0 Å². The molecule has 0 amide bonds. The van der Waals surface area contributed by atoms with Crippen LogP contribution in [0.15, 0.2) is 0 Å². The van der Waals surface area contributed by atoms with Crippen molar-refractivity contribution in [2.24, 2.45) is 5.41 Å². The molecule has 0 aromatic carbocycles. The fourth-order valence-corrected chi connectivity index (χ4v) is 2.28. The molecule has 2 rings (SSSR count). The predicted molar refractivity (Wildman–Crippen MR) is 52.2 cm³/mol. The van der Waals surface area contributed by atoms with Gasteiger partial charge in [0.25, 0.3) is 0 Å². The zero-order chi connectivity index (χ0) is 8.60. The minimum atomic E-state index is 0.655. The number of hydrogen-bond donors (Lipinski definition) is 1. The van der Waals surface area contributed by atoms with E-state index >= 15 is 0 Å². The van der Waals surface area contributed by atoms with E-state index in [1.807, 2.05) is 0 Å². The summed E-state index contributed by atoms with van der Waals surface area (Å²) in [5.74, 6) is 0. The minimum absolute atomic E-state index is 0.655. The Morgan fingerprint density at radius 2 is 1.83 bits per heavy atom. The fourth-order valence-electron chi connectivity index (χ4n) is 2.28. The summed E-state index contributed by atoms with van der Waals surface area (Å²) in [5, 5.41) is 3.78. The van der Waals surface area contributed by atoms with Crippen molar-refractivity contribution < 1.29 is 0 Å². The molecule has 0 radical (unpaired) electrons. The SMILES string of the molecule is CC(NC1CCCC1)C1(C)CC1. The van der Waals surface area contributed by atoms with Gasteiger partial charge in [-0.1, -0.05) is 19.8 Å². The minimum Gasteiger partial charge on any atom is -0.311 e. The highest BCUT2D eigenvalue weighted by molar-refractivity contribution is 4.97. The normalized spacial score (nSPS) is 30.5. The van der Waals surface area contributed by atoms with Crippen molar-refractivity contribution in [1.29, 1.82) is 0 Å². The van der Waals surface area contributed by atoms with E-state index in [4.69, 9.17) is 0 Å². The van der Waals surface area contributed by atoms with Gasteiger partial charge in [0.2, 0.25) is 0 Å². The van der Waals surface area contributed by atoms with Crippen LogP contribution in [0.2, 0.25) is 0 Å². The van der Waals surface area contributed by atoms with Crippen LogP contribution in [0, 0.1) is 5.41 Å². The van der Waals surface area contributed by atoms with Gasteiger partial charge in [0, 0.05) is 12.1 Å². The van der Waals surface area contributed by atoms with E-state index in [0.717, 1.165) is 12.1 Å². The van der Waals surface area contributed by atoms with Gasteiger partial charge in [0.05, 0.1) is 0 Å². The molecule has 1 nitrogen and oxygen atoms in total. The molecular formula is C11H21N. The zero-order valence-electron chi connectivity index (χ0n) is 8.40. The van der Waals surface area contributed by atoms with Crippen molar-refractivity contribution in [1.82, 2.24) is 5.32 Å². The van der Waals surface area contributed by atoms with Gasteiger partial charge in [-0.15, -0.1) is 0 Å². The first-order valence-corrected chi connectivity index (χ1v) is 5.47. The standard InChI is InChI=1S/C11H21N/c1-9(11(2)7-8-11)12-10-5-3-4-6-10/h9-10,12H,3-8H2,1-2H3. The van der Waals surface area contributed by atoms with E-state index < -0.39 is 0 Å². The lowest BCUT2D eigenvalue weighted by Crippen LogP contribution is -2.39. The van der Waals surface area contributed by atoms with E-state index in [2.05, 4.69) is 19.2 Å². The number of rotatable bonds is 3. The monoisotopic (exact) mass is 167 g/mol. The molecular weight excluding hydrogens is 146 g/mol. The van der Waals surface area contributed by atoms with Crippen LogP contribution in [0.1, 0.15) is 52.4 Å². The lowest BCUT2D eigenvalue weighted by molar-refractivity contribution is 0.339. The Morgan fingerprint density at radius 3 is 2.33 bits per heavy atom. The molecule has 1 unspecified atom stereocenters. The second-order valence-electron chi connectivity index (χ2n) is 5.02. The number of nitrogens with one attached hydrogen (secondary N) is 1. The number of hydrogen-bond acceptors (Lipinski definition) is 1. The molecule has 2 aliphatic rings. The Hall–Kier alpha value is -0.0400. The highest BCUT2D eigenvalue weighted by Crippen LogP contribution is 2.48. The molecule has 1 atom stereocenters. The van der Waals surface area contributed by atoms with Gasteiger partial charge in [-0.25, -0.2) is 0 Å². The molecule has 0 aromatic rings. The third kappa shape index (κ3) is 1.66. The van der Waals surface area contributed by atoms with Crippen LogP contribution < -0.4 is 5.32 Å². The molecule has 0 heterocycles. The van der Waals surface area contributed by atoms with Crippen molar-refractivity contribution in [2.45, 2.75) is 64.5 Å². The largest absolute Gasteiger partial charge is 0.311 e. The van der Waals surface area contributed by atoms with Crippen LogP contribution in [-0.2, 0) is 0 Å². The summed E-state index contributed by atoms with van der Waals surface area (Å²) in [6, 6.07) is 1.60. The van der Waals surface area contributed by atoms with Crippen molar-refractivity contribution in [3.8, 4) is 0 Å². The van der Waals surface area contributed by atoms with Crippen LogP contribution in [-0.4, -0.2) is 12.1 Å². The van der Waals surface area contributed by atoms with Crippen molar-refractivity contribution in [2.75, 3.05) is 0 Å². The van der Waals surface area contributed by atoms with Gasteiger partial charge in [-0.3, -0.25) is 0 Å². The quantitative estimate of drug-likeness (QED) is 0.681. The maximum atomic E-state index is 3.78. The maximum Gasteiger partial charge on any atom is 0.00951 e. The summed E-state index contributed by atoms with van der Waals surface area (Å²) in [4.78, 5) is 0. The molecule has 0 spiro atoms. The summed E-state index contributed by atoms with van der Waals surface area (Å²) in [7, 11) is 0. The lowest BCUT2D eigenvalue weighted by atomic mass is 10.00. The topological polar surface area (TPSA) is 12.0 Å². The van der Waals surface area contributed by atoms with E-state index in [9.17, 15) is 0 Å². The molecule has 0 aliphatic heterocycles. The smallest absolute Gasteiger partial charge is 0.00951 e. The van der Waals surface area contributed by atoms with E-state index in [1.165, 1.54) is 38.5 Å². The average molecular weight is 167 g/mol. The van der Waals surface area contributed by atoms with E-state index in [0.29, 0.717) is 5.41 Å². The first-order valence-electron chi connectivity index (χ1n) is 5.47. The van der Waals surface area contributed by atoms with Crippen molar-refractivity contribution in [3.63, 3.8) is 0 Å². The zero-order valence-corrected chi connectivity index (χ0v) is 8.40. The third-order valence-corrected chi connectivity index (χ3v) is 3.92. The maximum absolute atomic E-state index is 3.78. The molecule has 0 aromatic heterocycles. The summed E-state index contributed by atoms with van der Waals surface area (Å²) < 4.78 is 0. The predicted octanol–water partition coefficient (Wildman–Crippen LogP) is 2.71. The molecule has 0 saturated heterocycles. The van der Waals surface area contributed by atoms with Gasteiger partial charge in [0.1, 0.15) is 0 Å². The summed E-state index contributed by atoms with van der Waals surface area (Å²) in [6.07, 6.45) is 8.60. The molecule has 2 fully saturated rings. The van der Waals surface area contributed by atoms with Gasteiger partial charge < -0.3 is 5.32 Å². The Labute approximate surface area is 75.9 Å². The average Bonchev–Trinajstić information content (AvgIpc) is 2.63. The Balaban J connectivity index is 1.78. The molecule has 2 saturated carbocycles. The highest BCUT2D eigenvalue weighted by atomic mass is 15.0. The molecule has 70 valence electrons. The first-order chi connectivity index (χ1) is 5.71. The van der Waals surface area contributed by atoms with Crippen LogP contribution in [0.5, 0.6) is 0 Å². The molecule has 1 heteroatoms. The first kappa shape index (κ1) is 8.55. The van der Waals surface area contributed by atoms with Crippen LogP contribution in [0.4, 0.5) is 0 Å². The van der Waals surface area contributed by atoms with Crippen LogP contribution >= 0.6 is 0 Å². The van der Waals surface area contributed by atoms with Crippen molar-refractivity contribution in [3.05, 3.63) is 0 Å². The second kappa shape index (κ2) is 3.02. The summed E-state index contributed by atoms with van der Waals surface area (Å²) in [5.41, 5.74) is 0.655. The fraction of sp³-hybridized carbons (Fsp3) is 1.00. The van der Waals surface area contributed by atoms with Crippen LogP contribution in [0.3, 0.4) is 0 Å². The van der Waals surface area contributed by atoms with Crippen molar-refractivity contribution >= 4 is 0 Å². The molecule has 12 heavy (non-hydrogen) atoms. The Kier molecular flexibility index (Phi) is 2.16. The molecule has 2 aliphatic carbocycles. The van der Waals surface area contributed by atoms with Gasteiger partial charge in [0.15, 0.2) is 0 Å².